The number of nitrogens with zero attached hydrogens (tertiary/aromatic N) is 3. The van der Waals surface area contributed by atoms with Crippen LogP contribution in [-0.2, 0) is 0 Å². The lowest BCUT2D eigenvalue weighted by Gasteiger charge is -2.33. The van der Waals surface area contributed by atoms with E-state index in [9.17, 15) is 9.90 Å². The van der Waals surface area contributed by atoms with Crippen LogP contribution in [-0.4, -0.2) is 39.3 Å². The number of carboxylic acid groups (broad SMARTS) is 1. The first-order chi connectivity index (χ1) is 13.1. The number of carboxylic acids is 1. The van der Waals surface area contributed by atoms with Crippen LogP contribution in [0.4, 0.5) is 5.82 Å². The number of benzene rings is 1. The van der Waals surface area contributed by atoms with Crippen LogP contribution in [0.2, 0.25) is 0 Å². The molecular weight excluding hydrogens is 340 g/mol. The first-order valence-corrected chi connectivity index (χ1v) is 9.17. The highest BCUT2D eigenvalue weighted by molar-refractivity contribution is 5.93. The number of aryl methyl sites for hydroxylation is 1. The third kappa shape index (κ3) is 3.30. The summed E-state index contributed by atoms with van der Waals surface area (Å²) in [4.78, 5) is 17.9. The van der Waals surface area contributed by atoms with Crippen molar-refractivity contribution in [3.8, 4) is 11.1 Å². The molecule has 0 radical (unpaired) electrons. The molecule has 4 rings (SSSR count). The zero-order valence-electron chi connectivity index (χ0n) is 15.2. The minimum Gasteiger partial charge on any atom is -0.478 e. The van der Waals surface area contributed by atoms with Crippen LogP contribution < -0.4 is 4.90 Å². The minimum absolute atomic E-state index is 0.262. The molecule has 138 valence electrons. The summed E-state index contributed by atoms with van der Waals surface area (Å²) in [6.07, 6.45) is 5.41. The van der Waals surface area contributed by atoms with Crippen LogP contribution in [0.5, 0.6) is 0 Å². The summed E-state index contributed by atoms with van der Waals surface area (Å²) in [5.74, 6) is -0.00170. The van der Waals surface area contributed by atoms with Crippen molar-refractivity contribution in [1.82, 2.24) is 15.2 Å². The number of aromatic amines is 1. The number of nitrogens with one attached hydrogen (secondary N) is 1. The second kappa shape index (κ2) is 7.23. The summed E-state index contributed by atoms with van der Waals surface area (Å²) >= 11 is 0. The molecule has 1 aliphatic rings. The van der Waals surface area contributed by atoms with Crippen molar-refractivity contribution in [2.45, 2.75) is 25.7 Å². The Balaban J connectivity index is 1.54. The van der Waals surface area contributed by atoms with Gasteiger partial charge >= 0.3 is 5.97 Å². The molecule has 1 fully saturated rings. The van der Waals surface area contributed by atoms with E-state index in [1.54, 1.807) is 18.3 Å². The molecule has 6 nitrogen and oxygen atoms in total. The van der Waals surface area contributed by atoms with E-state index >= 15 is 0 Å². The van der Waals surface area contributed by atoms with Crippen molar-refractivity contribution in [3.63, 3.8) is 0 Å². The average molecular weight is 362 g/mol. The van der Waals surface area contributed by atoms with Gasteiger partial charge in [-0.2, -0.15) is 5.10 Å². The number of aromatic carboxylic acids is 1. The van der Waals surface area contributed by atoms with E-state index in [1.807, 2.05) is 12.3 Å². The van der Waals surface area contributed by atoms with E-state index in [4.69, 9.17) is 0 Å². The minimum atomic E-state index is -0.935. The summed E-state index contributed by atoms with van der Waals surface area (Å²) < 4.78 is 0. The van der Waals surface area contributed by atoms with Crippen LogP contribution >= 0.6 is 0 Å². The maximum Gasteiger partial charge on any atom is 0.339 e. The molecule has 0 saturated carbocycles. The summed E-state index contributed by atoms with van der Waals surface area (Å²) in [6.45, 7) is 3.66. The fourth-order valence-electron chi connectivity index (χ4n) is 3.89. The quantitative estimate of drug-likeness (QED) is 0.736. The molecule has 0 spiro atoms. The Kier molecular flexibility index (Phi) is 4.62. The van der Waals surface area contributed by atoms with Gasteiger partial charge in [0.2, 0.25) is 0 Å². The van der Waals surface area contributed by atoms with Crippen molar-refractivity contribution in [1.29, 1.82) is 0 Å². The predicted molar refractivity (Wildman–Crippen MR) is 104 cm³/mol. The molecule has 6 heteroatoms. The zero-order valence-corrected chi connectivity index (χ0v) is 15.2. The molecule has 0 amide bonds. The summed E-state index contributed by atoms with van der Waals surface area (Å²) in [5.41, 5.74) is 5.04. The normalized spacial score (nSPS) is 15.1. The van der Waals surface area contributed by atoms with E-state index in [1.165, 1.54) is 16.8 Å². The number of hydrogen-bond acceptors (Lipinski definition) is 4. The number of carbonyl (C=O) groups is 1. The number of H-pyrrole nitrogens is 1. The first kappa shape index (κ1) is 17.3. The van der Waals surface area contributed by atoms with Gasteiger partial charge in [-0.1, -0.05) is 24.3 Å². The number of rotatable bonds is 4. The summed E-state index contributed by atoms with van der Waals surface area (Å²) in [7, 11) is 0. The van der Waals surface area contributed by atoms with Crippen LogP contribution in [0.15, 0.2) is 48.8 Å². The Morgan fingerprint density at radius 2 is 1.93 bits per heavy atom. The van der Waals surface area contributed by atoms with Crippen molar-refractivity contribution < 1.29 is 9.90 Å². The van der Waals surface area contributed by atoms with Gasteiger partial charge in [0.1, 0.15) is 11.4 Å². The molecule has 2 aromatic heterocycles. The van der Waals surface area contributed by atoms with Gasteiger partial charge in [0.25, 0.3) is 0 Å². The Morgan fingerprint density at radius 3 is 2.67 bits per heavy atom. The molecule has 0 atom stereocenters. The lowest BCUT2D eigenvalue weighted by Crippen LogP contribution is -2.34. The molecule has 27 heavy (non-hydrogen) atoms. The van der Waals surface area contributed by atoms with Crippen molar-refractivity contribution in [3.05, 3.63) is 65.6 Å². The molecule has 1 aliphatic heterocycles. The van der Waals surface area contributed by atoms with E-state index in [0.717, 1.165) is 31.5 Å². The van der Waals surface area contributed by atoms with Gasteiger partial charge in [0, 0.05) is 36.5 Å². The van der Waals surface area contributed by atoms with Gasteiger partial charge in [0.15, 0.2) is 0 Å². The topological polar surface area (TPSA) is 82.1 Å². The van der Waals surface area contributed by atoms with Gasteiger partial charge in [-0.25, -0.2) is 9.78 Å². The van der Waals surface area contributed by atoms with Gasteiger partial charge in [-0.3, -0.25) is 5.10 Å². The Morgan fingerprint density at radius 1 is 1.15 bits per heavy atom. The van der Waals surface area contributed by atoms with Crippen molar-refractivity contribution in [2.24, 2.45) is 0 Å². The zero-order chi connectivity index (χ0) is 18.8. The highest BCUT2D eigenvalue weighted by atomic mass is 16.4. The number of piperidine rings is 1. The van der Waals surface area contributed by atoms with E-state index in [2.05, 4.69) is 45.2 Å². The number of aromatic nitrogens is 3. The Bertz CT molecular complexity index is 958. The number of hydrogen-bond donors (Lipinski definition) is 2. The first-order valence-electron chi connectivity index (χ1n) is 9.17. The highest BCUT2D eigenvalue weighted by Gasteiger charge is 2.27. The van der Waals surface area contributed by atoms with Gasteiger partial charge in [-0.05, 0) is 43.0 Å². The molecule has 1 aromatic carbocycles. The number of pyridine rings is 1. The maximum atomic E-state index is 11.5. The van der Waals surface area contributed by atoms with E-state index in [0.29, 0.717) is 11.7 Å². The maximum absolute atomic E-state index is 11.5. The molecule has 0 aliphatic carbocycles. The second-order valence-electron chi connectivity index (χ2n) is 6.95. The highest BCUT2D eigenvalue weighted by Crippen LogP contribution is 2.36. The molecule has 0 unspecified atom stereocenters. The molecule has 3 heterocycles. The van der Waals surface area contributed by atoms with Crippen molar-refractivity contribution >= 4 is 11.8 Å². The lowest BCUT2D eigenvalue weighted by molar-refractivity contribution is 0.0697. The van der Waals surface area contributed by atoms with Crippen LogP contribution in [0, 0.1) is 6.92 Å². The summed E-state index contributed by atoms with van der Waals surface area (Å²) in [5, 5.41) is 16.9. The SMILES string of the molecule is Cc1ccccc1-c1cn[nH]c1C1CCN(c2ncccc2C(=O)O)CC1. The smallest absolute Gasteiger partial charge is 0.339 e. The Hall–Kier alpha value is -3.15. The molecular formula is C21H22N4O2. The average Bonchev–Trinajstić information content (AvgIpc) is 3.18. The fraction of sp³-hybridized carbons (Fsp3) is 0.286. The van der Waals surface area contributed by atoms with Crippen molar-refractivity contribution in [2.75, 3.05) is 18.0 Å². The van der Waals surface area contributed by atoms with Crippen LogP contribution in [0.3, 0.4) is 0 Å². The standard InChI is InChI=1S/C21H22N4O2/c1-14-5-2-3-6-16(14)18-13-23-24-19(18)15-8-11-25(12-9-15)20-17(21(26)27)7-4-10-22-20/h2-7,10,13,15H,8-9,11-12H2,1H3,(H,23,24)(H,26,27). The van der Waals surface area contributed by atoms with Crippen LogP contribution in [0.1, 0.15) is 40.4 Å². The predicted octanol–water partition coefficient (Wildman–Crippen LogP) is 3.86. The van der Waals surface area contributed by atoms with Crippen LogP contribution in [0.25, 0.3) is 11.1 Å². The molecule has 0 bridgehead atoms. The van der Waals surface area contributed by atoms with Gasteiger partial charge in [-0.15, -0.1) is 0 Å². The van der Waals surface area contributed by atoms with Gasteiger partial charge in [0.05, 0.1) is 6.20 Å². The van der Waals surface area contributed by atoms with Gasteiger partial charge < -0.3 is 10.0 Å². The lowest BCUT2D eigenvalue weighted by atomic mass is 9.88. The van der Waals surface area contributed by atoms with E-state index < -0.39 is 5.97 Å². The number of anilines is 1. The second-order valence-corrected chi connectivity index (χ2v) is 6.95. The third-order valence-electron chi connectivity index (χ3n) is 5.32. The fourth-order valence-corrected chi connectivity index (χ4v) is 3.89. The molecule has 1 saturated heterocycles. The Labute approximate surface area is 157 Å². The largest absolute Gasteiger partial charge is 0.478 e. The third-order valence-corrected chi connectivity index (χ3v) is 5.32. The molecule has 3 aromatic rings. The summed E-state index contributed by atoms with van der Waals surface area (Å²) in [6, 6.07) is 11.6. The monoisotopic (exact) mass is 362 g/mol. The van der Waals surface area contributed by atoms with E-state index in [-0.39, 0.29) is 5.56 Å². The molecule has 2 N–H and O–H groups in total.